The van der Waals surface area contributed by atoms with E-state index in [4.69, 9.17) is 0 Å². The van der Waals surface area contributed by atoms with Crippen molar-refractivity contribution in [2.24, 2.45) is 0 Å². The maximum Gasteiger partial charge on any atom is 0.178 e. The fourth-order valence-corrected chi connectivity index (χ4v) is 1.82. The maximum atomic E-state index is 2.37. The fraction of sp³-hybridized carbons (Fsp3) is 1.00. The Balaban J connectivity index is 3.68. The summed E-state index contributed by atoms with van der Waals surface area (Å²) in [6.45, 7) is 11.6. The third kappa shape index (κ3) is 2.90. The van der Waals surface area contributed by atoms with Crippen LogP contribution in [0.25, 0.3) is 0 Å². The molecule has 0 bridgehead atoms. The van der Waals surface area contributed by atoms with Crippen molar-refractivity contribution in [2.45, 2.75) is 46.6 Å². The molecule has 0 amide bonds. The first-order valence-electron chi connectivity index (χ1n) is 4.39. The Morgan fingerprint density at radius 1 is 1.00 bits per heavy atom. The van der Waals surface area contributed by atoms with Gasteiger partial charge in [-0.2, -0.15) is 0 Å². The van der Waals surface area contributed by atoms with E-state index in [9.17, 15) is 0 Å². The van der Waals surface area contributed by atoms with E-state index in [0.29, 0.717) is 0 Å². The number of hydrogen-bond donors (Lipinski definition) is 1. The van der Waals surface area contributed by atoms with Gasteiger partial charge in [0.15, 0.2) is 7.41 Å². The number of hydrogen-bond acceptors (Lipinski definition) is 0. The van der Waals surface area contributed by atoms with E-state index in [1.807, 2.05) is 4.81 Å². The highest BCUT2D eigenvalue weighted by molar-refractivity contribution is 6.22. The molecule has 0 fully saturated rings. The van der Waals surface area contributed by atoms with Gasteiger partial charge < -0.3 is 4.81 Å². The molecule has 1 N–H and O–H groups in total. The third-order valence-electron chi connectivity index (χ3n) is 2.40. The van der Waals surface area contributed by atoms with Crippen molar-refractivity contribution in [1.29, 1.82) is 0 Å². The molecule has 0 aliphatic rings. The molecule has 0 aromatic heterocycles. The minimum atomic E-state index is 0.259. The van der Waals surface area contributed by atoms with E-state index in [2.05, 4.69) is 34.5 Å². The Morgan fingerprint density at radius 3 is 1.33 bits per heavy atom. The van der Waals surface area contributed by atoms with Crippen LogP contribution in [0.3, 0.4) is 0 Å². The molecule has 56 valence electrons. The second kappa shape index (κ2) is 3.94. The van der Waals surface area contributed by atoms with E-state index in [-0.39, 0.29) is 7.41 Å². The Hall–Kier alpha value is 0.0249. The van der Waals surface area contributed by atoms with Gasteiger partial charge in [-0.25, -0.2) is 0 Å². The second-order valence-corrected chi connectivity index (χ2v) is 3.55. The van der Waals surface area contributed by atoms with Crippen molar-refractivity contribution in [1.82, 2.24) is 0 Å². The molecular formula is C7H20BN. The van der Waals surface area contributed by atoms with Crippen molar-refractivity contribution in [3.8, 4) is 0 Å². The van der Waals surface area contributed by atoms with Crippen LogP contribution < -0.4 is 4.81 Å². The molecule has 0 atom stereocenters. The molecule has 0 saturated heterocycles. The van der Waals surface area contributed by atoms with Gasteiger partial charge in [0.05, 0.1) is 0 Å². The third-order valence-corrected chi connectivity index (χ3v) is 2.40. The molecule has 9 heavy (non-hydrogen) atoms. The van der Waals surface area contributed by atoms with E-state index in [1.54, 1.807) is 0 Å². The Bertz CT molecular complexity index is 63.3. The molecule has 2 heteroatoms. The first kappa shape index (κ1) is 9.02. The molecule has 0 aliphatic heterocycles. The van der Waals surface area contributed by atoms with Crippen LogP contribution in [0.1, 0.15) is 27.7 Å². The predicted molar refractivity (Wildman–Crippen MR) is 45.6 cm³/mol. The van der Waals surface area contributed by atoms with Crippen molar-refractivity contribution >= 4 is 7.41 Å². The molecule has 0 rings (SSSR count). The van der Waals surface area contributed by atoms with Crippen LogP contribution in [0.2, 0.25) is 6.82 Å². The van der Waals surface area contributed by atoms with Crippen LogP contribution in [0, 0.1) is 0 Å². The quantitative estimate of drug-likeness (QED) is 0.504. The smallest absolute Gasteiger partial charge is 0.178 e. The van der Waals surface area contributed by atoms with E-state index in [1.165, 1.54) is 0 Å². The average Bonchev–Trinajstić information content (AvgIpc) is 1.64. The fourth-order valence-electron chi connectivity index (χ4n) is 1.82. The summed E-state index contributed by atoms with van der Waals surface area (Å²) >= 11 is 0. The van der Waals surface area contributed by atoms with Crippen LogP contribution in [0.5, 0.6) is 0 Å². The van der Waals surface area contributed by atoms with E-state index in [0.717, 1.165) is 12.1 Å². The van der Waals surface area contributed by atoms with Gasteiger partial charge in [-0.1, -0.05) is 0 Å². The zero-order valence-electron chi connectivity index (χ0n) is 7.65. The van der Waals surface area contributed by atoms with Crippen molar-refractivity contribution < 1.29 is 4.81 Å². The largest absolute Gasteiger partial charge is 0.527 e. The molecular weight excluding hydrogens is 109 g/mol. The van der Waals surface area contributed by atoms with Gasteiger partial charge in [0.2, 0.25) is 0 Å². The van der Waals surface area contributed by atoms with Crippen molar-refractivity contribution in [2.75, 3.05) is 0 Å². The summed E-state index contributed by atoms with van der Waals surface area (Å²) in [5, 5.41) is 0. The number of quaternary nitrogens is 1. The van der Waals surface area contributed by atoms with E-state index < -0.39 is 0 Å². The molecule has 0 heterocycles. The van der Waals surface area contributed by atoms with Gasteiger partial charge in [-0.15, -0.1) is 6.82 Å². The maximum absolute atomic E-state index is 2.37. The lowest BCUT2D eigenvalue weighted by Crippen LogP contribution is -3.19. The van der Waals surface area contributed by atoms with Gasteiger partial charge in [0.1, 0.15) is 0 Å². The molecule has 0 radical (unpaired) electrons. The highest BCUT2D eigenvalue weighted by atomic mass is 15.1. The Labute approximate surface area is 59.7 Å². The topological polar surface area (TPSA) is 4.44 Å². The predicted octanol–water partition coefficient (Wildman–Crippen LogP) is -0.180. The lowest BCUT2D eigenvalue weighted by molar-refractivity contribution is -0.832. The summed E-state index contributed by atoms with van der Waals surface area (Å²) in [4.78, 5) is 1.81. The summed E-state index contributed by atoms with van der Waals surface area (Å²) in [6.07, 6.45) is 0. The lowest BCUT2D eigenvalue weighted by Gasteiger charge is -2.33. The molecule has 0 saturated carbocycles. The molecule has 0 aromatic carbocycles. The van der Waals surface area contributed by atoms with Crippen LogP contribution >= 0.6 is 0 Å². The normalized spacial score (nSPS) is 12.0. The summed E-state index contributed by atoms with van der Waals surface area (Å²) in [5.41, 5.74) is 0. The number of rotatable bonds is 3. The molecule has 0 aliphatic carbocycles. The summed E-state index contributed by atoms with van der Waals surface area (Å²) < 4.78 is 0. The monoisotopic (exact) mass is 129 g/mol. The minimum Gasteiger partial charge on any atom is -0.527 e. The summed E-state index contributed by atoms with van der Waals surface area (Å²) in [6, 6.07) is 1.66. The second-order valence-electron chi connectivity index (χ2n) is 3.55. The molecule has 0 spiro atoms. The van der Waals surface area contributed by atoms with Gasteiger partial charge in [0, 0.05) is 12.1 Å². The summed E-state index contributed by atoms with van der Waals surface area (Å²) in [5.74, 6) is 0. The standard InChI is InChI=1S/C7H20BN/c1-6(2)9(8-5)7(3)4/h6-7,9H,8H2,1-5H3. The van der Waals surface area contributed by atoms with Crippen LogP contribution in [-0.2, 0) is 0 Å². The molecule has 1 nitrogen and oxygen atoms in total. The Morgan fingerprint density at radius 2 is 1.33 bits per heavy atom. The average molecular weight is 129 g/mol. The Kier molecular flexibility index (Phi) is 3.95. The highest BCUT2D eigenvalue weighted by Crippen LogP contribution is 1.73. The van der Waals surface area contributed by atoms with E-state index >= 15 is 0 Å². The first-order valence-corrected chi connectivity index (χ1v) is 4.39. The molecule has 0 unspecified atom stereocenters. The number of nitrogens with one attached hydrogen (secondary N) is 1. The van der Waals surface area contributed by atoms with Crippen molar-refractivity contribution in [3.05, 3.63) is 0 Å². The zero-order valence-corrected chi connectivity index (χ0v) is 7.65. The van der Waals surface area contributed by atoms with Gasteiger partial charge >= 0.3 is 0 Å². The van der Waals surface area contributed by atoms with Gasteiger partial charge in [0.25, 0.3) is 0 Å². The summed E-state index contributed by atoms with van der Waals surface area (Å²) in [7, 11) is 0.259. The van der Waals surface area contributed by atoms with Crippen molar-refractivity contribution in [3.63, 3.8) is 0 Å². The van der Waals surface area contributed by atoms with Crippen LogP contribution in [0.4, 0.5) is 0 Å². The minimum absolute atomic E-state index is 0.259. The van der Waals surface area contributed by atoms with Crippen LogP contribution in [-0.4, -0.2) is 19.5 Å². The van der Waals surface area contributed by atoms with Crippen LogP contribution in [0.15, 0.2) is 0 Å². The highest BCUT2D eigenvalue weighted by Gasteiger charge is 2.07. The van der Waals surface area contributed by atoms with Gasteiger partial charge in [-0.05, 0) is 27.7 Å². The van der Waals surface area contributed by atoms with Gasteiger partial charge in [-0.3, -0.25) is 0 Å². The first-order chi connectivity index (χ1) is 4.09. The lowest BCUT2D eigenvalue weighted by atomic mass is 9.91. The zero-order chi connectivity index (χ0) is 7.44. The SMILES string of the molecule is C[BH2-][NH+](C(C)C)C(C)C. The molecule has 0 aromatic rings.